The smallest absolute Gasteiger partial charge is 2.00 e. The molecule has 0 aliphatic heterocycles. The Bertz CT molecular complexity index is 6.85. The molecule has 32 valence electrons. The molecule has 0 radical (unpaired) electrons. The third-order valence-corrected chi connectivity index (χ3v) is 0. The molecule has 0 aliphatic carbocycles. The molecule has 0 atom stereocenters. The van der Waals surface area contributed by atoms with Crippen molar-refractivity contribution in [3.8, 4) is 0 Å². The van der Waals surface area contributed by atoms with Crippen LogP contribution in [0.4, 0.5) is 0 Å². The summed E-state index contributed by atoms with van der Waals surface area (Å²) in [6.07, 6.45) is 0. The minimum atomic E-state index is 0. The van der Waals surface area contributed by atoms with Crippen molar-refractivity contribution in [1.29, 1.82) is 0 Å². The molecule has 0 amide bonds. The summed E-state index contributed by atoms with van der Waals surface area (Å²) in [6.45, 7) is 0. The van der Waals surface area contributed by atoms with Crippen LogP contribution in [0.1, 0.15) is 0 Å². The summed E-state index contributed by atoms with van der Waals surface area (Å²) in [4.78, 5) is 0. The molecule has 0 spiro atoms. The molecule has 0 N–H and O–H groups in total. The van der Waals surface area contributed by atoms with E-state index in [9.17, 15) is 0 Å². The second-order valence-corrected chi connectivity index (χ2v) is 0. The minimum absolute atomic E-state index is 0. The molecule has 0 saturated carbocycles. The van der Waals surface area contributed by atoms with E-state index >= 15 is 0 Å². The summed E-state index contributed by atoms with van der Waals surface area (Å²) in [6, 6.07) is 0. The third kappa shape index (κ3) is 41.5. The zero-order valence-electron chi connectivity index (χ0n) is 1.80. The van der Waals surface area contributed by atoms with Crippen molar-refractivity contribution in [1.82, 2.24) is 0 Å². The molecule has 0 unspecified atom stereocenters. The first-order valence-electron chi connectivity index (χ1n) is 0. The van der Waals surface area contributed by atoms with E-state index < -0.39 is 0 Å². The summed E-state index contributed by atoms with van der Waals surface area (Å²) in [7, 11) is 0. The van der Waals surface area contributed by atoms with Gasteiger partial charge >= 0.3 is 37.7 Å². The molecule has 0 aromatic rings. The largest absolute Gasteiger partial charge is 3.00 e. The molecule has 0 fully saturated rings. The predicted octanol–water partition coefficient (Wildman–Crippen LogP) is -2.72. The van der Waals surface area contributed by atoms with Crippen molar-refractivity contribution >= 4 is 37.7 Å². The van der Waals surface area contributed by atoms with E-state index in [2.05, 4.69) is 0 Å². The van der Waals surface area contributed by atoms with E-state index in [0.717, 1.165) is 0 Å². The van der Waals surface area contributed by atoms with Gasteiger partial charge in [-0.15, -0.1) is 0 Å². The van der Waals surface area contributed by atoms with Gasteiger partial charge in [-0.1, -0.05) is 0 Å². The Morgan fingerprint density at radius 3 is 0.600 bits per heavy atom. The van der Waals surface area contributed by atoms with Gasteiger partial charge in [0.1, 0.15) is 0 Å². The van der Waals surface area contributed by atoms with Gasteiger partial charge in [-0.3, -0.25) is 0 Å². The molecule has 0 aromatic carbocycles. The van der Waals surface area contributed by atoms with Crippen LogP contribution in [0.2, 0.25) is 0 Å². The molecule has 0 saturated heterocycles. The Labute approximate surface area is 54.4 Å². The zero-order valence-corrected chi connectivity index (χ0v) is 4.22. The summed E-state index contributed by atoms with van der Waals surface area (Å²) in [5, 5.41) is 0. The molecule has 0 aromatic heterocycles. The summed E-state index contributed by atoms with van der Waals surface area (Å²) in [5.74, 6) is 0. The van der Waals surface area contributed by atoms with Crippen LogP contribution in [0, 0.1) is 0 Å². The Balaban J connectivity index is 0. The molecule has 0 rings (SSSR count). The number of rotatable bonds is 0. The summed E-state index contributed by atoms with van der Waals surface area (Å²) in [5.41, 5.74) is 0. The second-order valence-electron chi connectivity index (χ2n) is 0. The van der Waals surface area contributed by atoms with Crippen LogP contribution in [0.25, 0.3) is 0 Å². The van der Waals surface area contributed by atoms with Crippen LogP contribution < -0.4 is 0 Å². The second kappa shape index (κ2) is 72.9. The summed E-state index contributed by atoms with van der Waals surface area (Å²) >= 11 is 0. The Morgan fingerprint density at radius 2 is 0.600 bits per heavy atom. The van der Waals surface area contributed by atoms with Gasteiger partial charge in [0.05, 0.1) is 0 Å². The van der Waals surface area contributed by atoms with Gasteiger partial charge in [-0.05, 0) is 0 Å². The van der Waals surface area contributed by atoms with Gasteiger partial charge < -0.3 is 16.4 Å². The quantitative estimate of drug-likeness (QED) is 0.379. The van der Waals surface area contributed by atoms with Crippen molar-refractivity contribution in [3.63, 3.8) is 0 Å². The molecule has 5 heteroatoms. The molecule has 0 bridgehead atoms. The van der Waals surface area contributed by atoms with Crippen molar-refractivity contribution in [2.45, 2.75) is 0 Å². The van der Waals surface area contributed by atoms with Gasteiger partial charge in [-0.25, -0.2) is 0 Å². The maximum absolute atomic E-state index is 0. The van der Waals surface area contributed by atoms with E-state index in [4.69, 9.17) is 0 Å². The average Bonchev–Trinajstić information content (AvgIpc) is 0. The summed E-state index contributed by atoms with van der Waals surface area (Å²) < 4.78 is 0. The molecule has 0 heterocycles. The molecule has 3 nitrogen and oxygen atoms in total. The van der Waals surface area contributed by atoms with E-state index in [-0.39, 0.29) is 54.2 Å². The van der Waals surface area contributed by atoms with E-state index in [0.29, 0.717) is 0 Å². The van der Waals surface area contributed by atoms with Gasteiger partial charge in [0, 0.05) is 0 Å². The molecular formula is H6AsGaO3. The monoisotopic (exact) mass is 198 g/mol. The minimum Gasteiger partial charge on any atom is -2.00 e. The van der Waals surface area contributed by atoms with Gasteiger partial charge in [0.2, 0.25) is 0 Å². The van der Waals surface area contributed by atoms with Gasteiger partial charge in [-0.2, -0.15) is 0 Å². The Hall–Kier alpha value is 1.07. The maximum Gasteiger partial charge on any atom is 3.00 e. The normalized spacial score (nSPS) is 0. The van der Waals surface area contributed by atoms with Crippen LogP contribution in [0.5, 0.6) is 0 Å². The van der Waals surface area contributed by atoms with Crippen LogP contribution in [-0.2, 0) is 16.4 Å². The first-order valence-corrected chi connectivity index (χ1v) is 0. The number of hydrogen-bond acceptors (Lipinski definition) is 0. The Morgan fingerprint density at radius 1 is 0.600 bits per heavy atom. The maximum atomic E-state index is 0. The molecule has 0 aliphatic rings. The predicted molar refractivity (Wildman–Crippen MR) is 21.9 cm³/mol. The third-order valence-electron chi connectivity index (χ3n) is 0. The fourth-order valence-corrected chi connectivity index (χ4v) is 0. The SMILES string of the molecule is [AsH6+3].[Ga+3].[O-2].[O-2].[O-2]. The number of hydrogen-bond donors (Lipinski definition) is 0. The Kier molecular flexibility index (Phi) is 1980. The average molecular weight is 199 g/mol. The fourth-order valence-electron chi connectivity index (χ4n) is 0. The van der Waals surface area contributed by atoms with E-state index in [1.807, 2.05) is 0 Å². The topological polar surface area (TPSA) is 85.5 Å². The van der Waals surface area contributed by atoms with Crippen molar-refractivity contribution in [3.05, 3.63) is 0 Å². The zero-order chi connectivity index (χ0) is 0. The fraction of sp³-hybridized carbons (Fsp3) is 0. The van der Waals surface area contributed by atoms with Crippen molar-refractivity contribution in [2.24, 2.45) is 0 Å². The van der Waals surface area contributed by atoms with Crippen LogP contribution >= 0.6 is 0 Å². The first-order chi connectivity index (χ1) is 0. The van der Waals surface area contributed by atoms with Gasteiger partial charge in [0.25, 0.3) is 0 Å². The van der Waals surface area contributed by atoms with Crippen LogP contribution in [0.3, 0.4) is 0 Å². The molecular weight excluding hydrogens is 193 g/mol. The van der Waals surface area contributed by atoms with Gasteiger partial charge in [0.15, 0.2) is 0 Å². The van der Waals surface area contributed by atoms with E-state index in [1.165, 1.54) is 0 Å². The van der Waals surface area contributed by atoms with Crippen molar-refractivity contribution < 1.29 is 16.4 Å². The van der Waals surface area contributed by atoms with Crippen LogP contribution in [-0.4, -0.2) is 37.7 Å². The molecule has 5 heavy (non-hydrogen) atoms. The van der Waals surface area contributed by atoms with Crippen molar-refractivity contribution in [2.75, 3.05) is 0 Å². The first kappa shape index (κ1) is 135. The van der Waals surface area contributed by atoms with E-state index in [1.54, 1.807) is 0 Å². The standard InChI is InChI=1S/AsH6.Ga.3O/h1H6;;;;/q2*+3;3*-2. The van der Waals surface area contributed by atoms with Crippen LogP contribution in [0.15, 0.2) is 0 Å².